The molecule has 0 aliphatic carbocycles. The van der Waals surface area contributed by atoms with Gasteiger partial charge in [-0.05, 0) is 43.5 Å². The lowest BCUT2D eigenvalue weighted by Gasteiger charge is -2.26. The molecule has 0 bridgehead atoms. The smallest absolute Gasteiger partial charge is 0.265 e. The van der Waals surface area contributed by atoms with Crippen molar-refractivity contribution >= 4 is 11.6 Å². The lowest BCUT2D eigenvalue weighted by atomic mass is 9.88. The number of ether oxygens (including phenoxy) is 1. The molecule has 0 fully saturated rings. The molecule has 0 saturated heterocycles. The highest BCUT2D eigenvalue weighted by Gasteiger charge is 2.25. The first-order valence-electron chi connectivity index (χ1n) is 6.79. The van der Waals surface area contributed by atoms with Crippen LogP contribution in [0.4, 0.5) is 5.69 Å². The van der Waals surface area contributed by atoms with Crippen LogP contribution < -0.4 is 15.4 Å². The fourth-order valence-electron chi connectivity index (χ4n) is 2.42. The van der Waals surface area contributed by atoms with Gasteiger partial charge in [0.25, 0.3) is 5.91 Å². The highest BCUT2D eigenvalue weighted by molar-refractivity contribution is 5.97. The van der Waals surface area contributed by atoms with Crippen molar-refractivity contribution in [2.24, 2.45) is 5.92 Å². The molecule has 2 unspecified atom stereocenters. The molecule has 4 nitrogen and oxygen atoms in total. The topological polar surface area (TPSA) is 50.4 Å². The maximum Gasteiger partial charge on any atom is 0.265 e. The summed E-state index contributed by atoms with van der Waals surface area (Å²) >= 11 is 0. The molecule has 2 N–H and O–H groups in total. The van der Waals surface area contributed by atoms with Crippen molar-refractivity contribution in [3.8, 4) is 5.75 Å². The van der Waals surface area contributed by atoms with Gasteiger partial charge in [-0.3, -0.25) is 4.79 Å². The van der Waals surface area contributed by atoms with Gasteiger partial charge in [-0.1, -0.05) is 19.9 Å². The van der Waals surface area contributed by atoms with Crippen LogP contribution in [0, 0.1) is 5.92 Å². The lowest BCUT2D eigenvalue weighted by molar-refractivity contribution is -0.122. The largest absolute Gasteiger partial charge is 0.479 e. The van der Waals surface area contributed by atoms with Gasteiger partial charge in [0.1, 0.15) is 5.75 Å². The zero-order valence-corrected chi connectivity index (χ0v) is 12.0. The molecule has 1 aliphatic heterocycles. The summed E-state index contributed by atoms with van der Waals surface area (Å²) in [6, 6.07) is 6.07. The normalized spacial score (nSPS) is 19.6. The van der Waals surface area contributed by atoms with Crippen LogP contribution in [-0.4, -0.2) is 25.6 Å². The highest BCUT2D eigenvalue weighted by atomic mass is 16.5. The van der Waals surface area contributed by atoms with Gasteiger partial charge >= 0.3 is 0 Å². The van der Waals surface area contributed by atoms with E-state index in [0.717, 1.165) is 18.0 Å². The Morgan fingerprint density at radius 3 is 2.79 bits per heavy atom. The second kappa shape index (κ2) is 5.61. The van der Waals surface area contributed by atoms with Crippen molar-refractivity contribution < 1.29 is 9.53 Å². The Bertz CT molecular complexity index is 471. The minimum atomic E-state index is -0.420. The number of fused-ring (bicyclic) bond motifs is 1. The van der Waals surface area contributed by atoms with Crippen LogP contribution in [-0.2, 0) is 4.79 Å². The van der Waals surface area contributed by atoms with E-state index in [2.05, 4.69) is 30.5 Å². The molecular weight excluding hydrogens is 240 g/mol. The predicted molar refractivity (Wildman–Crippen MR) is 76.7 cm³/mol. The summed E-state index contributed by atoms with van der Waals surface area (Å²) in [4.78, 5) is 11.6. The van der Waals surface area contributed by atoms with Gasteiger partial charge in [0.05, 0.1) is 5.69 Å². The summed E-state index contributed by atoms with van der Waals surface area (Å²) in [6.07, 6.45) is -0.420. The van der Waals surface area contributed by atoms with E-state index in [0.29, 0.717) is 11.8 Å². The molecule has 2 rings (SSSR count). The van der Waals surface area contributed by atoms with Gasteiger partial charge < -0.3 is 15.4 Å². The molecule has 4 heteroatoms. The van der Waals surface area contributed by atoms with Gasteiger partial charge in [0, 0.05) is 6.54 Å². The Hall–Kier alpha value is -1.55. The van der Waals surface area contributed by atoms with Crippen LogP contribution >= 0.6 is 0 Å². The first-order valence-corrected chi connectivity index (χ1v) is 6.79. The van der Waals surface area contributed by atoms with E-state index in [1.54, 1.807) is 6.92 Å². The Kier molecular flexibility index (Phi) is 4.10. The van der Waals surface area contributed by atoms with E-state index in [9.17, 15) is 4.79 Å². The molecule has 104 valence electrons. The summed E-state index contributed by atoms with van der Waals surface area (Å²) in [5.41, 5.74) is 2.00. The van der Waals surface area contributed by atoms with E-state index in [1.807, 2.05) is 19.2 Å². The second-order valence-corrected chi connectivity index (χ2v) is 5.41. The van der Waals surface area contributed by atoms with Gasteiger partial charge in [-0.2, -0.15) is 0 Å². The molecule has 0 radical (unpaired) electrons. The van der Waals surface area contributed by atoms with E-state index < -0.39 is 6.10 Å². The molecular formula is C15H22N2O2. The van der Waals surface area contributed by atoms with Gasteiger partial charge in [0.15, 0.2) is 6.10 Å². The number of anilines is 1. The van der Waals surface area contributed by atoms with Crippen LogP contribution in [0.25, 0.3) is 0 Å². The van der Waals surface area contributed by atoms with E-state index in [4.69, 9.17) is 4.74 Å². The monoisotopic (exact) mass is 262 g/mol. The quantitative estimate of drug-likeness (QED) is 0.876. The first-order chi connectivity index (χ1) is 9.02. The number of carbonyl (C=O) groups is 1. The van der Waals surface area contributed by atoms with Crippen molar-refractivity contribution in [3.63, 3.8) is 0 Å². The summed E-state index contributed by atoms with van der Waals surface area (Å²) in [7, 11) is 1.96. The van der Waals surface area contributed by atoms with Crippen molar-refractivity contribution in [1.82, 2.24) is 5.32 Å². The fraction of sp³-hybridized carbons (Fsp3) is 0.533. The Morgan fingerprint density at radius 2 is 2.16 bits per heavy atom. The number of rotatable bonds is 4. The highest BCUT2D eigenvalue weighted by Crippen LogP contribution is 2.34. The molecule has 1 aromatic carbocycles. The number of hydrogen-bond donors (Lipinski definition) is 2. The molecule has 1 heterocycles. The summed E-state index contributed by atoms with van der Waals surface area (Å²) < 4.78 is 5.57. The maximum absolute atomic E-state index is 11.6. The molecule has 2 atom stereocenters. The molecule has 1 aliphatic rings. The Morgan fingerprint density at radius 1 is 1.42 bits per heavy atom. The Balaban J connectivity index is 2.30. The van der Waals surface area contributed by atoms with Crippen LogP contribution in [0.2, 0.25) is 0 Å². The number of carbonyl (C=O) groups excluding carboxylic acids is 1. The molecule has 0 aromatic heterocycles. The third-order valence-corrected chi connectivity index (χ3v) is 3.59. The van der Waals surface area contributed by atoms with Gasteiger partial charge in [0.2, 0.25) is 0 Å². The number of benzene rings is 1. The summed E-state index contributed by atoms with van der Waals surface area (Å²) in [5, 5.41) is 6.13. The third kappa shape index (κ3) is 2.89. The van der Waals surface area contributed by atoms with Crippen LogP contribution in [0.5, 0.6) is 5.75 Å². The van der Waals surface area contributed by atoms with E-state index in [1.165, 1.54) is 5.56 Å². The van der Waals surface area contributed by atoms with Crippen LogP contribution in [0.15, 0.2) is 18.2 Å². The molecule has 0 spiro atoms. The Labute approximate surface area is 114 Å². The average molecular weight is 262 g/mol. The minimum absolute atomic E-state index is 0.0839. The van der Waals surface area contributed by atoms with Crippen molar-refractivity contribution in [1.29, 1.82) is 0 Å². The molecule has 1 aromatic rings. The number of hydrogen-bond acceptors (Lipinski definition) is 3. The SMILES string of the molecule is CNCC(c1ccc2c(c1)NC(=O)C(C)O2)C(C)C. The zero-order chi connectivity index (χ0) is 14.0. The number of nitrogens with one attached hydrogen (secondary N) is 2. The summed E-state index contributed by atoms with van der Waals surface area (Å²) in [6.45, 7) is 7.09. The lowest BCUT2D eigenvalue weighted by Crippen LogP contribution is -2.34. The molecule has 1 amide bonds. The van der Waals surface area contributed by atoms with Crippen molar-refractivity contribution in [2.45, 2.75) is 32.8 Å². The van der Waals surface area contributed by atoms with Crippen LogP contribution in [0.3, 0.4) is 0 Å². The maximum atomic E-state index is 11.6. The number of amides is 1. The first kappa shape index (κ1) is 13.9. The van der Waals surface area contributed by atoms with Gasteiger partial charge in [-0.25, -0.2) is 0 Å². The molecule has 0 saturated carbocycles. The van der Waals surface area contributed by atoms with Crippen LogP contribution in [0.1, 0.15) is 32.3 Å². The zero-order valence-electron chi connectivity index (χ0n) is 12.0. The average Bonchev–Trinajstić information content (AvgIpc) is 2.36. The van der Waals surface area contributed by atoms with E-state index in [-0.39, 0.29) is 5.91 Å². The predicted octanol–water partition coefficient (Wildman–Crippen LogP) is 2.37. The molecule has 19 heavy (non-hydrogen) atoms. The third-order valence-electron chi connectivity index (χ3n) is 3.59. The second-order valence-electron chi connectivity index (χ2n) is 5.41. The minimum Gasteiger partial charge on any atom is -0.479 e. The van der Waals surface area contributed by atoms with Crippen molar-refractivity contribution in [2.75, 3.05) is 18.9 Å². The standard InChI is InChI=1S/C15H22N2O2/c1-9(2)12(8-16-4)11-5-6-14-13(7-11)17-15(18)10(3)19-14/h5-7,9-10,12,16H,8H2,1-4H3,(H,17,18). The van der Waals surface area contributed by atoms with Crippen molar-refractivity contribution in [3.05, 3.63) is 23.8 Å². The van der Waals surface area contributed by atoms with Gasteiger partial charge in [-0.15, -0.1) is 0 Å². The fourth-order valence-corrected chi connectivity index (χ4v) is 2.42. The summed E-state index contributed by atoms with van der Waals surface area (Å²) in [5.74, 6) is 1.62. The van der Waals surface area contributed by atoms with E-state index >= 15 is 0 Å². The number of likely N-dealkylation sites (N-methyl/N-ethyl adjacent to an activating group) is 1.